The SMILES string of the molecule is CCCC(C)N(C)Cc1ccc(N)cc1Br. The Labute approximate surface area is 107 Å². The molecule has 1 aromatic carbocycles. The quantitative estimate of drug-likeness (QED) is 0.837. The van der Waals surface area contributed by atoms with Crippen molar-refractivity contribution in [3.8, 4) is 0 Å². The molecule has 0 aromatic heterocycles. The molecule has 0 aliphatic rings. The van der Waals surface area contributed by atoms with E-state index in [-0.39, 0.29) is 0 Å². The summed E-state index contributed by atoms with van der Waals surface area (Å²) >= 11 is 3.56. The highest BCUT2D eigenvalue weighted by Gasteiger charge is 2.10. The van der Waals surface area contributed by atoms with Gasteiger partial charge in [0.25, 0.3) is 0 Å². The van der Waals surface area contributed by atoms with Gasteiger partial charge in [0.15, 0.2) is 0 Å². The van der Waals surface area contributed by atoms with E-state index in [2.05, 4.69) is 47.8 Å². The molecular formula is C13H21BrN2. The zero-order valence-electron chi connectivity index (χ0n) is 10.3. The molecule has 0 bridgehead atoms. The van der Waals surface area contributed by atoms with Crippen molar-refractivity contribution in [1.29, 1.82) is 0 Å². The normalized spacial score (nSPS) is 13.1. The molecule has 2 nitrogen and oxygen atoms in total. The summed E-state index contributed by atoms with van der Waals surface area (Å²) in [7, 11) is 2.17. The summed E-state index contributed by atoms with van der Waals surface area (Å²) in [4.78, 5) is 2.37. The van der Waals surface area contributed by atoms with Crippen LogP contribution in [0.2, 0.25) is 0 Å². The standard InChI is InChI=1S/C13H21BrN2/c1-4-5-10(2)16(3)9-11-6-7-12(15)8-13(11)14/h6-8,10H,4-5,9,15H2,1-3H3. The van der Waals surface area contributed by atoms with Gasteiger partial charge in [-0.1, -0.05) is 35.3 Å². The van der Waals surface area contributed by atoms with E-state index in [1.807, 2.05) is 12.1 Å². The molecule has 16 heavy (non-hydrogen) atoms. The van der Waals surface area contributed by atoms with Gasteiger partial charge >= 0.3 is 0 Å². The number of hydrogen-bond acceptors (Lipinski definition) is 2. The third-order valence-electron chi connectivity index (χ3n) is 2.96. The van der Waals surface area contributed by atoms with Gasteiger partial charge in [-0.2, -0.15) is 0 Å². The summed E-state index contributed by atoms with van der Waals surface area (Å²) in [5.74, 6) is 0. The van der Waals surface area contributed by atoms with Crippen LogP contribution in [0.15, 0.2) is 22.7 Å². The highest BCUT2D eigenvalue weighted by atomic mass is 79.9. The van der Waals surface area contributed by atoms with Gasteiger partial charge in [0, 0.05) is 22.7 Å². The Balaban J connectivity index is 2.65. The zero-order valence-corrected chi connectivity index (χ0v) is 11.9. The highest BCUT2D eigenvalue weighted by molar-refractivity contribution is 9.10. The van der Waals surface area contributed by atoms with Crippen LogP contribution in [-0.2, 0) is 6.54 Å². The first-order chi connectivity index (χ1) is 7.54. The van der Waals surface area contributed by atoms with Crippen LogP contribution in [0.1, 0.15) is 32.3 Å². The summed E-state index contributed by atoms with van der Waals surface area (Å²) in [5, 5.41) is 0. The van der Waals surface area contributed by atoms with Crippen molar-refractivity contribution >= 4 is 21.6 Å². The molecule has 0 fully saturated rings. The molecule has 1 rings (SSSR count). The number of nitrogens with two attached hydrogens (primary N) is 1. The van der Waals surface area contributed by atoms with Gasteiger partial charge in [-0.3, -0.25) is 4.90 Å². The van der Waals surface area contributed by atoms with Gasteiger partial charge in [0.1, 0.15) is 0 Å². The van der Waals surface area contributed by atoms with E-state index in [1.54, 1.807) is 0 Å². The predicted molar refractivity (Wildman–Crippen MR) is 74.4 cm³/mol. The minimum Gasteiger partial charge on any atom is -0.399 e. The van der Waals surface area contributed by atoms with Crippen molar-refractivity contribution in [2.45, 2.75) is 39.3 Å². The van der Waals surface area contributed by atoms with Crippen LogP contribution in [0.4, 0.5) is 5.69 Å². The van der Waals surface area contributed by atoms with E-state index in [9.17, 15) is 0 Å². The molecule has 0 saturated carbocycles. The fraction of sp³-hybridized carbons (Fsp3) is 0.538. The van der Waals surface area contributed by atoms with Gasteiger partial charge in [-0.15, -0.1) is 0 Å². The molecule has 1 atom stereocenters. The number of hydrogen-bond donors (Lipinski definition) is 1. The van der Waals surface area contributed by atoms with E-state index in [1.165, 1.54) is 18.4 Å². The van der Waals surface area contributed by atoms with Gasteiger partial charge in [0.05, 0.1) is 0 Å². The molecule has 0 spiro atoms. The molecule has 0 aliphatic carbocycles. The van der Waals surface area contributed by atoms with Gasteiger partial charge in [-0.25, -0.2) is 0 Å². The summed E-state index contributed by atoms with van der Waals surface area (Å²) in [5.41, 5.74) is 7.82. The fourth-order valence-electron chi connectivity index (χ4n) is 1.75. The first-order valence-electron chi connectivity index (χ1n) is 5.78. The molecule has 0 radical (unpaired) electrons. The van der Waals surface area contributed by atoms with Gasteiger partial charge in [0.2, 0.25) is 0 Å². The van der Waals surface area contributed by atoms with E-state index in [0.29, 0.717) is 6.04 Å². The maximum absolute atomic E-state index is 5.72. The third kappa shape index (κ3) is 3.80. The monoisotopic (exact) mass is 284 g/mol. The molecule has 2 N–H and O–H groups in total. The maximum atomic E-state index is 5.72. The number of anilines is 1. The Morgan fingerprint density at radius 3 is 2.69 bits per heavy atom. The predicted octanol–water partition coefficient (Wildman–Crippen LogP) is 3.65. The third-order valence-corrected chi connectivity index (χ3v) is 3.69. The molecule has 90 valence electrons. The molecule has 1 unspecified atom stereocenters. The van der Waals surface area contributed by atoms with Crippen molar-refractivity contribution in [1.82, 2.24) is 4.90 Å². The second-order valence-electron chi connectivity index (χ2n) is 4.40. The first kappa shape index (κ1) is 13.5. The Bertz CT molecular complexity index is 339. The van der Waals surface area contributed by atoms with Crippen LogP contribution < -0.4 is 5.73 Å². The van der Waals surface area contributed by atoms with E-state index >= 15 is 0 Å². The second kappa shape index (κ2) is 6.26. The lowest BCUT2D eigenvalue weighted by Gasteiger charge is -2.24. The summed E-state index contributed by atoms with van der Waals surface area (Å²) < 4.78 is 1.10. The van der Waals surface area contributed by atoms with Crippen LogP contribution >= 0.6 is 15.9 Å². The lowest BCUT2D eigenvalue weighted by Crippen LogP contribution is -2.28. The average Bonchev–Trinajstić information content (AvgIpc) is 2.22. The van der Waals surface area contributed by atoms with Crippen LogP contribution in [0.3, 0.4) is 0 Å². The van der Waals surface area contributed by atoms with E-state index < -0.39 is 0 Å². The Kier molecular flexibility index (Phi) is 5.29. The van der Waals surface area contributed by atoms with Crippen molar-refractivity contribution in [2.24, 2.45) is 0 Å². The van der Waals surface area contributed by atoms with Crippen LogP contribution in [0.25, 0.3) is 0 Å². The first-order valence-corrected chi connectivity index (χ1v) is 6.58. The van der Waals surface area contributed by atoms with Crippen molar-refractivity contribution in [2.75, 3.05) is 12.8 Å². The van der Waals surface area contributed by atoms with Gasteiger partial charge < -0.3 is 5.73 Å². The minimum atomic E-state index is 0.620. The number of nitrogen functional groups attached to an aromatic ring is 1. The molecule has 0 heterocycles. The highest BCUT2D eigenvalue weighted by Crippen LogP contribution is 2.22. The smallest absolute Gasteiger partial charge is 0.0325 e. The number of benzene rings is 1. The molecule has 3 heteroatoms. The molecule has 1 aromatic rings. The number of rotatable bonds is 5. The van der Waals surface area contributed by atoms with Crippen LogP contribution in [0, 0.1) is 0 Å². The Morgan fingerprint density at radius 1 is 1.44 bits per heavy atom. The van der Waals surface area contributed by atoms with Crippen LogP contribution in [0.5, 0.6) is 0 Å². The van der Waals surface area contributed by atoms with E-state index in [0.717, 1.165) is 16.7 Å². The average molecular weight is 285 g/mol. The summed E-state index contributed by atoms with van der Waals surface area (Å²) in [6, 6.07) is 6.63. The molecular weight excluding hydrogens is 264 g/mol. The number of halogens is 1. The Hall–Kier alpha value is -0.540. The van der Waals surface area contributed by atoms with Crippen molar-refractivity contribution in [3.05, 3.63) is 28.2 Å². The Morgan fingerprint density at radius 2 is 2.12 bits per heavy atom. The summed E-state index contributed by atoms with van der Waals surface area (Å²) in [6.07, 6.45) is 2.47. The van der Waals surface area contributed by atoms with Crippen molar-refractivity contribution < 1.29 is 0 Å². The second-order valence-corrected chi connectivity index (χ2v) is 5.26. The summed E-state index contributed by atoms with van der Waals surface area (Å²) in [6.45, 7) is 5.46. The number of nitrogens with zero attached hydrogens (tertiary/aromatic N) is 1. The lowest BCUT2D eigenvalue weighted by atomic mass is 10.1. The fourth-order valence-corrected chi connectivity index (χ4v) is 2.28. The van der Waals surface area contributed by atoms with Crippen molar-refractivity contribution in [3.63, 3.8) is 0 Å². The van der Waals surface area contributed by atoms with Crippen LogP contribution in [-0.4, -0.2) is 18.0 Å². The topological polar surface area (TPSA) is 29.3 Å². The zero-order chi connectivity index (χ0) is 12.1. The maximum Gasteiger partial charge on any atom is 0.0325 e. The largest absolute Gasteiger partial charge is 0.399 e. The van der Waals surface area contributed by atoms with E-state index in [4.69, 9.17) is 5.73 Å². The molecule has 0 saturated heterocycles. The molecule has 0 amide bonds. The minimum absolute atomic E-state index is 0.620. The van der Waals surface area contributed by atoms with Gasteiger partial charge in [-0.05, 0) is 38.1 Å². The lowest BCUT2D eigenvalue weighted by molar-refractivity contribution is 0.236. The molecule has 0 aliphatic heterocycles.